The molecule has 27 heavy (non-hydrogen) atoms. The lowest BCUT2D eigenvalue weighted by Crippen LogP contribution is -2.42. The predicted molar refractivity (Wildman–Crippen MR) is 95.5 cm³/mol. The van der Waals surface area contributed by atoms with Crippen molar-refractivity contribution in [1.29, 1.82) is 0 Å². The number of rotatable bonds is 1. The van der Waals surface area contributed by atoms with Crippen molar-refractivity contribution in [2.75, 3.05) is 27.6 Å². The predicted octanol–water partition coefficient (Wildman–Crippen LogP) is 3.02. The van der Waals surface area contributed by atoms with Crippen LogP contribution in [0, 0.1) is 0 Å². The first-order valence-electron chi connectivity index (χ1n) is 8.82. The van der Waals surface area contributed by atoms with Crippen molar-refractivity contribution in [1.82, 2.24) is 4.90 Å². The first-order valence-corrected chi connectivity index (χ1v) is 8.82. The minimum absolute atomic E-state index is 0.0742. The molecule has 1 atom stereocenters. The van der Waals surface area contributed by atoms with Crippen LogP contribution in [-0.2, 0) is 17.6 Å². The summed E-state index contributed by atoms with van der Waals surface area (Å²) in [5.41, 5.74) is 4.99. The highest BCUT2D eigenvalue weighted by molar-refractivity contribution is 5.86. The molecule has 0 fully saturated rings. The molecule has 1 amide bonds. The third kappa shape index (κ3) is 2.17. The summed E-state index contributed by atoms with van der Waals surface area (Å²) in [5, 5.41) is 10.3. The summed E-state index contributed by atoms with van der Waals surface area (Å²) in [7, 11) is 2.92. The Morgan fingerprint density at radius 3 is 2.85 bits per heavy atom. The average molecular weight is 369 g/mol. The number of amides is 1. The summed E-state index contributed by atoms with van der Waals surface area (Å²) in [6.45, 7) is 0.738. The highest BCUT2D eigenvalue weighted by Crippen LogP contribution is 2.55. The lowest BCUT2D eigenvalue weighted by Gasteiger charge is -2.41. The Labute approximate surface area is 156 Å². The van der Waals surface area contributed by atoms with Gasteiger partial charge in [0, 0.05) is 12.1 Å². The number of carbonyl (C=O) groups is 1. The number of methoxy groups -OCH3 is 2. The molecule has 0 unspecified atom stereocenters. The average Bonchev–Trinajstić information content (AvgIpc) is 3.15. The number of benzene rings is 2. The Balaban J connectivity index is 1.80. The molecule has 0 saturated carbocycles. The van der Waals surface area contributed by atoms with Gasteiger partial charge in [0.25, 0.3) is 0 Å². The largest absolute Gasteiger partial charge is 0.504 e. The van der Waals surface area contributed by atoms with Gasteiger partial charge in [0.15, 0.2) is 23.0 Å². The van der Waals surface area contributed by atoms with Crippen LogP contribution in [0.2, 0.25) is 0 Å². The monoisotopic (exact) mass is 369 g/mol. The van der Waals surface area contributed by atoms with E-state index in [4.69, 9.17) is 18.9 Å². The van der Waals surface area contributed by atoms with Crippen LogP contribution in [0.15, 0.2) is 18.2 Å². The van der Waals surface area contributed by atoms with E-state index in [2.05, 4.69) is 0 Å². The van der Waals surface area contributed by atoms with E-state index in [0.717, 1.165) is 34.2 Å². The molecule has 7 nitrogen and oxygen atoms in total. The van der Waals surface area contributed by atoms with Gasteiger partial charge in [0.2, 0.25) is 6.79 Å². The van der Waals surface area contributed by atoms with Gasteiger partial charge in [0.05, 0.1) is 20.3 Å². The minimum atomic E-state index is -0.351. The third-order valence-corrected chi connectivity index (χ3v) is 5.62. The molecule has 1 N–H and O–H groups in total. The number of aromatic hydroxyl groups is 1. The fraction of sp³-hybridized carbons (Fsp3) is 0.350. The van der Waals surface area contributed by atoms with Gasteiger partial charge in [-0.25, -0.2) is 4.79 Å². The smallest absolute Gasteiger partial charge is 0.410 e. The molecule has 0 saturated heterocycles. The van der Waals surface area contributed by atoms with E-state index in [0.29, 0.717) is 30.2 Å². The molecule has 7 heteroatoms. The lowest BCUT2D eigenvalue weighted by molar-refractivity contribution is 0.100. The van der Waals surface area contributed by atoms with Crippen molar-refractivity contribution in [2.24, 2.45) is 0 Å². The van der Waals surface area contributed by atoms with E-state index >= 15 is 0 Å². The minimum Gasteiger partial charge on any atom is -0.504 e. The number of hydrogen-bond donors (Lipinski definition) is 1. The van der Waals surface area contributed by atoms with Crippen LogP contribution in [0.5, 0.6) is 23.0 Å². The molecule has 0 bridgehead atoms. The Kier molecular flexibility index (Phi) is 3.40. The highest BCUT2D eigenvalue weighted by atomic mass is 16.7. The summed E-state index contributed by atoms with van der Waals surface area (Å²) in [6, 6.07) is 5.38. The molecule has 2 aromatic rings. The van der Waals surface area contributed by atoms with Gasteiger partial charge in [-0.15, -0.1) is 0 Å². The van der Waals surface area contributed by atoms with Crippen LogP contribution < -0.4 is 14.2 Å². The molecule has 140 valence electrons. The fourth-order valence-corrected chi connectivity index (χ4v) is 4.45. The van der Waals surface area contributed by atoms with Crippen molar-refractivity contribution in [2.45, 2.75) is 18.9 Å². The zero-order valence-electron chi connectivity index (χ0n) is 15.1. The highest BCUT2D eigenvalue weighted by Gasteiger charge is 2.41. The normalized spacial score (nSPS) is 18.6. The molecule has 3 aliphatic rings. The SMILES string of the molecule is COC(=O)N1CCc2cc3c(c4c2[C@@H]1Cc1cc(O)c(OC)cc1-4)OCO3. The van der Waals surface area contributed by atoms with E-state index in [-0.39, 0.29) is 24.7 Å². The van der Waals surface area contributed by atoms with Crippen molar-refractivity contribution in [3.63, 3.8) is 0 Å². The van der Waals surface area contributed by atoms with E-state index < -0.39 is 0 Å². The van der Waals surface area contributed by atoms with Crippen LogP contribution >= 0.6 is 0 Å². The fourth-order valence-electron chi connectivity index (χ4n) is 4.45. The molecule has 2 aromatic carbocycles. The summed E-state index contributed by atoms with van der Waals surface area (Å²) in [4.78, 5) is 14.1. The van der Waals surface area contributed by atoms with E-state index in [1.54, 1.807) is 11.0 Å². The van der Waals surface area contributed by atoms with E-state index in [1.165, 1.54) is 14.2 Å². The zero-order chi connectivity index (χ0) is 18.7. The molecule has 0 radical (unpaired) electrons. The maximum atomic E-state index is 12.4. The van der Waals surface area contributed by atoms with Crippen molar-refractivity contribution in [3.05, 3.63) is 34.9 Å². The van der Waals surface area contributed by atoms with Crippen LogP contribution in [0.1, 0.15) is 22.7 Å². The Morgan fingerprint density at radius 1 is 1.22 bits per heavy atom. The van der Waals surface area contributed by atoms with Crippen LogP contribution in [0.25, 0.3) is 11.1 Å². The molecule has 0 spiro atoms. The number of hydrogen-bond acceptors (Lipinski definition) is 6. The third-order valence-electron chi connectivity index (χ3n) is 5.62. The summed E-state index contributed by atoms with van der Waals surface area (Å²) in [6.07, 6.45) is 0.951. The number of fused-ring (bicyclic) bond motifs is 4. The van der Waals surface area contributed by atoms with Gasteiger partial charge in [-0.2, -0.15) is 0 Å². The Morgan fingerprint density at radius 2 is 2.07 bits per heavy atom. The van der Waals surface area contributed by atoms with Gasteiger partial charge >= 0.3 is 6.09 Å². The summed E-state index contributed by atoms with van der Waals surface area (Å²) >= 11 is 0. The standard InChI is InChI=1S/C20H19NO6/c1-24-15-8-12-11(6-14(15)22)5-13-17-10(3-4-21(13)20(23)25-2)7-16-19(18(12)17)27-9-26-16/h6-8,13,22H,3-5,9H2,1-2H3/t13-/m0/s1. The second-order valence-electron chi connectivity index (χ2n) is 6.87. The molecular formula is C20H19NO6. The molecule has 5 rings (SSSR count). The number of carbonyl (C=O) groups excluding carboxylic acids is 1. The molecule has 1 aliphatic carbocycles. The van der Waals surface area contributed by atoms with Crippen molar-refractivity contribution >= 4 is 6.09 Å². The number of phenols is 1. The maximum Gasteiger partial charge on any atom is 0.410 e. The second kappa shape index (κ2) is 5.70. The lowest BCUT2D eigenvalue weighted by atomic mass is 9.76. The van der Waals surface area contributed by atoms with Gasteiger partial charge in [-0.05, 0) is 53.3 Å². The van der Waals surface area contributed by atoms with Gasteiger partial charge in [-0.3, -0.25) is 0 Å². The van der Waals surface area contributed by atoms with Gasteiger partial charge in [-0.1, -0.05) is 0 Å². The first kappa shape index (κ1) is 16.1. The Bertz CT molecular complexity index is 970. The van der Waals surface area contributed by atoms with Crippen LogP contribution in [0.3, 0.4) is 0 Å². The maximum absolute atomic E-state index is 12.4. The molecule has 2 heterocycles. The van der Waals surface area contributed by atoms with Crippen molar-refractivity contribution in [3.8, 4) is 34.1 Å². The topological polar surface area (TPSA) is 77.5 Å². The van der Waals surface area contributed by atoms with Crippen LogP contribution in [0.4, 0.5) is 4.79 Å². The van der Waals surface area contributed by atoms with E-state index in [9.17, 15) is 9.90 Å². The zero-order valence-corrected chi connectivity index (χ0v) is 15.1. The second-order valence-corrected chi connectivity index (χ2v) is 6.87. The molecule has 0 aromatic heterocycles. The molecule has 2 aliphatic heterocycles. The van der Waals surface area contributed by atoms with Crippen LogP contribution in [-0.4, -0.2) is 43.7 Å². The summed E-state index contributed by atoms with van der Waals surface area (Å²) in [5.74, 6) is 1.87. The van der Waals surface area contributed by atoms with Gasteiger partial charge in [0.1, 0.15) is 0 Å². The quantitative estimate of drug-likeness (QED) is 0.833. The Hall–Kier alpha value is -3.09. The number of phenolic OH excluding ortho intramolecular Hbond substituents is 1. The first-order chi connectivity index (χ1) is 13.1. The van der Waals surface area contributed by atoms with Gasteiger partial charge < -0.3 is 29.0 Å². The number of ether oxygens (including phenoxy) is 4. The molecular weight excluding hydrogens is 350 g/mol. The van der Waals surface area contributed by atoms with Crippen molar-refractivity contribution < 1.29 is 28.8 Å². The number of nitrogens with zero attached hydrogens (tertiary/aromatic N) is 1. The van der Waals surface area contributed by atoms with E-state index in [1.807, 2.05) is 12.1 Å². The summed E-state index contributed by atoms with van der Waals surface area (Å²) < 4.78 is 21.8.